The Hall–Kier alpha value is -1.69. The molecule has 0 aliphatic rings. The van der Waals surface area contributed by atoms with Crippen LogP contribution in [0.1, 0.15) is 22.7 Å². The van der Waals surface area contributed by atoms with Crippen molar-refractivity contribution >= 4 is 17.4 Å². The summed E-state index contributed by atoms with van der Waals surface area (Å²) in [5, 5.41) is 0.462. The van der Waals surface area contributed by atoms with E-state index in [0.29, 0.717) is 16.4 Å². The fourth-order valence-electron chi connectivity index (χ4n) is 2.01. The number of halogens is 2. The van der Waals surface area contributed by atoms with Crippen LogP contribution in [0.25, 0.3) is 0 Å². The maximum atomic E-state index is 13.2. The Balaban J connectivity index is 2.52. The first-order chi connectivity index (χ1) is 9.02. The van der Waals surface area contributed by atoms with Gasteiger partial charge in [-0.2, -0.15) is 0 Å². The molecule has 6 heteroatoms. The second-order valence-corrected chi connectivity index (χ2v) is 4.67. The lowest BCUT2D eigenvalue weighted by Crippen LogP contribution is -2.30. The molecule has 1 unspecified atom stereocenters. The predicted octanol–water partition coefficient (Wildman–Crippen LogP) is 2.32. The number of rotatable bonds is 3. The molecule has 4 nitrogen and oxygen atoms in total. The molecule has 0 saturated carbocycles. The van der Waals surface area contributed by atoms with Crippen molar-refractivity contribution in [2.75, 3.05) is 5.73 Å². The van der Waals surface area contributed by atoms with Gasteiger partial charge in [0, 0.05) is 11.8 Å². The zero-order chi connectivity index (χ0) is 14.0. The Labute approximate surface area is 115 Å². The van der Waals surface area contributed by atoms with E-state index in [1.54, 1.807) is 19.1 Å². The number of nitrogen functional groups attached to an aromatic ring is 1. The number of pyridine rings is 1. The third-order valence-corrected chi connectivity index (χ3v) is 3.14. The van der Waals surface area contributed by atoms with Crippen LogP contribution < -0.4 is 17.0 Å². The highest BCUT2D eigenvalue weighted by Crippen LogP contribution is 2.29. The molecule has 1 aromatic heterocycles. The number of hydrogen-bond acceptors (Lipinski definition) is 4. The number of nitrogens with two attached hydrogens (primary N) is 2. The van der Waals surface area contributed by atoms with Crippen LogP contribution in [0, 0.1) is 12.7 Å². The molecule has 0 saturated heterocycles. The largest absolute Gasteiger partial charge is 0.383 e. The molecule has 0 radical (unpaired) electrons. The Bertz CT molecular complexity index is 603. The van der Waals surface area contributed by atoms with Crippen molar-refractivity contribution in [3.05, 3.63) is 58.0 Å². The molecule has 2 rings (SSSR count). The molecule has 1 atom stereocenters. The van der Waals surface area contributed by atoms with Crippen LogP contribution in [0.2, 0.25) is 5.02 Å². The van der Waals surface area contributed by atoms with Gasteiger partial charge in [0.1, 0.15) is 11.6 Å². The van der Waals surface area contributed by atoms with Crippen LogP contribution in [0.15, 0.2) is 30.5 Å². The molecule has 100 valence electrons. The average Bonchev–Trinajstić information content (AvgIpc) is 2.36. The SMILES string of the molecule is Cc1cc(F)ccc1C(NN)c1cc(Cl)cnc1N. The van der Waals surface area contributed by atoms with Crippen LogP contribution in [0.5, 0.6) is 0 Å². The van der Waals surface area contributed by atoms with Gasteiger partial charge in [-0.1, -0.05) is 17.7 Å². The van der Waals surface area contributed by atoms with Crippen LogP contribution >= 0.6 is 11.6 Å². The quantitative estimate of drug-likeness (QED) is 0.596. The lowest BCUT2D eigenvalue weighted by atomic mass is 9.96. The molecule has 1 aromatic carbocycles. The van der Waals surface area contributed by atoms with E-state index in [1.807, 2.05) is 0 Å². The molecule has 0 bridgehead atoms. The summed E-state index contributed by atoms with van der Waals surface area (Å²) in [6, 6.07) is 5.77. The number of nitrogens with one attached hydrogen (secondary N) is 1. The van der Waals surface area contributed by atoms with Gasteiger partial charge in [0.15, 0.2) is 0 Å². The average molecular weight is 281 g/mol. The minimum Gasteiger partial charge on any atom is -0.383 e. The Morgan fingerprint density at radius 3 is 2.68 bits per heavy atom. The Kier molecular flexibility index (Phi) is 3.99. The van der Waals surface area contributed by atoms with Gasteiger partial charge in [-0.15, -0.1) is 0 Å². The van der Waals surface area contributed by atoms with Gasteiger partial charge in [0.05, 0.1) is 11.1 Å². The van der Waals surface area contributed by atoms with Crippen molar-refractivity contribution in [3.63, 3.8) is 0 Å². The topological polar surface area (TPSA) is 77.0 Å². The predicted molar refractivity (Wildman–Crippen MR) is 74.0 cm³/mol. The summed E-state index contributed by atoms with van der Waals surface area (Å²) in [4.78, 5) is 4.00. The first-order valence-electron chi connectivity index (χ1n) is 5.66. The molecule has 0 amide bonds. The van der Waals surface area contributed by atoms with Crippen LogP contribution in [-0.4, -0.2) is 4.98 Å². The Morgan fingerprint density at radius 1 is 1.32 bits per heavy atom. The van der Waals surface area contributed by atoms with Gasteiger partial charge < -0.3 is 5.73 Å². The number of anilines is 1. The summed E-state index contributed by atoms with van der Waals surface area (Å²) in [5.41, 5.74) is 10.7. The van der Waals surface area contributed by atoms with Gasteiger partial charge in [-0.05, 0) is 36.2 Å². The number of benzene rings is 1. The van der Waals surface area contributed by atoms with E-state index < -0.39 is 6.04 Å². The van der Waals surface area contributed by atoms with Gasteiger partial charge in [0.2, 0.25) is 0 Å². The van der Waals surface area contributed by atoms with Crippen LogP contribution in [0.4, 0.5) is 10.2 Å². The van der Waals surface area contributed by atoms with Gasteiger partial charge in [-0.25, -0.2) is 14.8 Å². The van der Waals surface area contributed by atoms with E-state index in [2.05, 4.69) is 10.4 Å². The third-order valence-electron chi connectivity index (χ3n) is 2.94. The summed E-state index contributed by atoms with van der Waals surface area (Å²) in [6.45, 7) is 1.80. The van der Waals surface area contributed by atoms with Crippen molar-refractivity contribution in [3.8, 4) is 0 Å². The van der Waals surface area contributed by atoms with E-state index in [0.717, 1.165) is 11.1 Å². The molecule has 0 aliphatic carbocycles. The summed E-state index contributed by atoms with van der Waals surface area (Å²) in [7, 11) is 0. The molecule has 19 heavy (non-hydrogen) atoms. The molecule has 0 spiro atoms. The summed E-state index contributed by atoms with van der Waals surface area (Å²) in [5.74, 6) is 5.63. The zero-order valence-corrected chi connectivity index (χ0v) is 11.1. The van der Waals surface area contributed by atoms with Crippen molar-refractivity contribution < 1.29 is 4.39 Å². The molecule has 0 fully saturated rings. The van der Waals surface area contributed by atoms with E-state index >= 15 is 0 Å². The lowest BCUT2D eigenvalue weighted by molar-refractivity contribution is 0.612. The molecule has 1 heterocycles. The standard InChI is InChI=1S/C13H14ClFN4/c1-7-4-9(15)2-3-10(7)12(19-17)11-5-8(14)6-18-13(11)16/h2-6,12,19H,17H2,1H3,(H2,16,18). The number of hydrogen-bond donors (Lipinski definition) is 3. The zero-order valence-electron chi connectivity index (χ0n) is 10.3. The van der Waals surface area contributed by atoms with Gasteiger partial charge in [-0.3, -0.25) is 5.84 Å². The van der Waals surface area contributed by atoms with Crippen LogP contribution in [-0.2, 0) is 0 Å². The minimum absolute atomic E-state index is 0.297. The number of aromatic nitrogens is 1. The monoisotopic (exact) mass is 280 g/mol. The lowest BCUT2D eigenvalue weighted by Gasteiger charge is -2.20. The number of nitrogens with zero attached hydrogens (tertiary/aromatic N) is 1. The van der Waals surface area contributed by atoms with E-state index in [9.17, 15) is 4.39 Å². The van der Waals surface area contributed by atoms with E-state index in [-0.39, 0.29) is 5.82 Å². The number of aryl methyl sites for hydroxylation is 1. The normalized spacial score (nSPS) is 12.4. The van der Waals surface area contributed by atoms with Crippen molar-refractivity contribution in [2.45, 2.75) is 13.0 Å². The summed E-state index contributed by atoms with van der Waals surface area (Å²) >= 11 is 5.92. The van der Waals surface area contributed by atoms with Crippen LogP contribution in [0.3, 0.4) is 0 Å². The fraction of sp³-hybridized carbons (Fsp3) is 0.154. The van der Waals surface area contributed by atoms with Crippen molar-refractivity contribution in [2.24, 2.45) is 5.84 Å². The second-order valence-electron chi connectivity index (χ2n) is 4.23. The maximum absolute atomic E-state index is 13.2. The molecule has 5 N–H and O–H groups in total. The fourth-order valence-corrected chi connectivity index (χ4v) is 2.17. The first-order valence-corrected chi connectivity index (χ1v) is 6.04. The van der Waals surface area contributed by atoms with E-state index in [4.69, 9.17) is 23.2 Å². The Morgan fingerprint density at radius 2 is 2.05 bits per heavy atom. The highest BCUT2D eigenvalue weighted by atomic mass is 35.5. The smallest absolute Gasteiger partial charge is 0.128 e. The third kappa shape index (κ3) is 2.84. The summed E-state index contributed by atoms with van der Waals surface area (Å²) in [6.07, 6.45) is 1.46. The van der Waals surface area contributed by atoms with Crippen molar-refractivity contribution in [1.82, 2.24) is 10.4 Å². The maximum Gasteiger partial charge on any atom is 0.128 e. The van der Waals surface area contributed by atoms with Gasteiger partial charge in [0.25, 0.3) is 0 Å². The minimum atomic E-state index is -0.396. The molecular formula is C13H14ClFN4. The highest BCUT2D eigenvalue weighted by Gasteiger charge is 2.18. The van der Waals surface area contributed by atoms with E-state index in [1.165, 1.54) is 18.3 Å². The molecular weight excluding hydrogens is 267 g/mol. The van der Waals surface area contributed by atoms with Crippen molar-refractivity contribution in [1.29, 1.82) is 0 Å². The molecule has 2 aromatic rings. The first kappa shape index (κ1) is 13.7. The molecule has 0 aliphatic heterocycles. The highest BCUT2D eigenvalue weighted by molar-refractivity contribution is 6.30. The second kappa shape index (κ2) is 5.52. The summed E-state index contributed by atoms with van der Waals surface area (Å²) < 4.78 is 13.2. The number of hydrazine groups is 1. The van der Waals surface area contributed by atoms with Gasteiger partial charge >= 0.3 is 0 Å².